The Kier molecular flexibility index (Phi) is 6.09. The van der Waals surface area contributed by atoms with Gasteiger partial charge in [-0.25, -0.2) is 17.9 Å². The van der Waals surface area contributed by atoms with Gasteiger partial charge >= 0.3 is 17.4 Å². The zero-order chi connectivity index (χ0) is 17.1. The van der Waals surface area contributed by atoms with Gasteiger partial charge in [0.25, 0.3) is 10.0 Å². The molecule has 0 atom stereocenters. The molecule has 0 heterocycles. The first-order valence-corrected chi connectivity index (χ1v) is 7.08. The fraction of sp³-hybridized carbons (Fsp3) is 0.889. The smallest absolute Gasteiger partial charge is 0.470 e. The van der Waals surface area contributed by atoms with Crippen molar-refractivity contribution in [3.8, 4) is 0 Å². The molecule has 0 unspecified atom stereocenters. The first-order valence-electron chi connectivity index (χ1n) is 5.60. The number of halogens is 5. The van der Waals surface area contributed by atoms with E-state index in [0.29, 0.717) is 0 Å². The summed E-state index contributed by atoms with van der Waals surface area (Å²) in [6.45, 7) is -0.882. The molecular formula is C9H16F5N2O4S+. The number of alkyl halides is 5. The Morgan fingerprint density at radius 3 is 2.05 bits per heavy atom. The van der Waals surface area contributed by atoms with E-state index in [1.807, 2.05) is 0 Å². The Morgan fingerprint density at radius 1 is 1.19 bits per heavy atom. The monoisotopic (exact) mass is 343 g/mol. The zero-order valence-electron chi connectivity index (χ0n) is 11.2. The van der Waals surface area contributed by atoms with Gasteiger partial charge < -0.3 is 9.59 Å². The second kappa shape index (κ2) is 6.40. The van der Waals surface area contributed by atoms with Crippen LogP contribution in [-0.2, 0) is 14.8 Å². The minimum Gasteiger partial charge on any atom is -0.477 e. The molecule has 0 aromatic rings. The minimum absolute atomic E-state index is 0.0758. The van der Waals surface area contributed by atoms with Crippen LogP contribution in [0.5, 0.6) is 0 Å². The summed E-state index contributed by atoms with van der Waals surface area (Å²) in [5.41, 5.74) is 0. The molecule has 0 aliphatic carbocycles. The number of aliphatic carboxylic acids is 1. The maximum atomic E-state index is 12.7. The van der Waals surface area contributed by atoms with Crippen molar-refractivity contribution in [2.24, 2.45) is 0 Å². The van der Waals surface area contributed by atoms with Crippen LogP contribution in [0.15, 0.2) is 0 Å². The Hall–Kier alpha value is -1.01. The van der Waals surface area contributed by atoms with Crippen LogP contribution in [0.1, 0.15) is 6.42 Å². The Labute approximate surface area is 118 Å². The van der Waals surface area contributed by atoms with Crippen molar-refractivity contribution in [3.05, 3.63) is 0 Å². The number of likely N-dealkylation sites (N-methyl/N-ethyl adjacent to an activating group) is 1. The van der Waals surface area contributed by atoms with Gasteiger partial charge in [-0.1, -0.05) is 0 Å². The largest absolute Gasteiger partial charge is 0.477 e. The van der Waals surface area contributed by atoms with E-state index in [1.165, 1.54) is 18.8 Å². The van der Waals surface area contributed by atoms with E-state index < -0.39 is 34.0 Å². The second-order valence-electron chi connectivity index (χ2n) is 4.98. The highest BCUT2D eigenvalue weighted by Gasteiger charge is 2.67. The van der Waals surface area contributed by atoms with Crippen molar-refractivity contribution in [1.29, 1.82) is 0 Å². The molecule has 0 amide bonds. The van der Waals surface area contributed by atoms with Gasteiger partial charge in [0.1, 0.15) is 0 Å². The molecule has 0 aromatic heterocycles. The van der Waals surface area contributed by atoms with Crippen molar-refractivity contribution >= 4 is 16.0 Å². The number of carbonyl (C=O) groups is 1. The normalized spacial score (nSPS) is 14.2. The predicted octanol–water partition coefficient (Wildman–Crippen LogP) is 0.612. The van der Waals surface area contributed by atoms with Crippen LogP contribution in [0.2, 0.25) is 0 Å². The number of nitrogens with zero attached hydrogens (tertiary/aromatic N) is 1. The van der Waals surface area contributed by atoms with Crippen LogP contribution in [0.4, 0.5) is 22.0 Å². The molecule has 0 bridgehead atoms. The number of quaternary nitrogens is 1. The molecule has 0 fully saturated rings. The molecule has 0 saturated heterocycles. The highest BCUT2D eigenvalue weighted by Crippen LogP contribution is 2.39. The fourth-order valence-corrected chi connectivity index (χ4v) is 2.30. The summed E-state index contributed by atoms with van der Waals surface area (Å²) in [5, 5.41) is 2.70. The molecular weight excluding hydrogens is 327 g/mol. The highest BCUT2D eigenvalue weighted by atomic mass is 32.2. The highest BCUT2D eigenvalue weighted by molar-refractivity contribution is 7.90. The Morgan fingerprint density at radius 2 is 1.67 bits per heavy atom. The van der Waals surface area contributed by atoms with E-state index in [2.05, 4.69) is 0 Å². The van der Waals surface area contributed by atoms with Crippen LogP contribution in [0.25, 0.3) is 0 Å². The Bertz CT molecular complexity index is 475. The lowest BCUT2D eigenvalue weighted by molar-refractivity contribution is -0.883. The maximum Gasteiger partial charge on any atom is 0.470 e. The van der Waals surface area contributed by atoms with E-state index in [9.17, 15) is 35.2 Å². The lowest BCUT2D eigenvalue weighted by atomic mass is 10.3. The lowest BCUT2D eigenvalue weighted by Gasteiger charge is -2.27. The van der Waals surface area contributed by atoms with Crippen molar-refractivity contribution in [3.63, 3.8) is 0 Å². The number of hydrogen-bond acceptors (Lipinski definition) is 3. The number of carboxylic acid groups (broad SMARTS) is 1. The SMILES string of the molecule is C[N+](C)(CCCNS(=O)(=O)C(F)(F)C(F)(F)F)CC(=O)O. The summed E-state index contributed by atoms with van der Waals surface area (Å²) in [4.78, 5) is 10.5. The number of rotatable bonds is 8. The maximum absolute atomic E-state index is 12.7. The molecule has 0 spiro atoms. The van der Waals surface area contributed by atoms with Gasteiger partial charge in [-0.05, 0) is 0 Å². The molecule has 0 saturated carbocycles. The van der Waals surface area contributed by atoms with Gasteiger partial charge in [0.15, 0.2) is 6.54 Å². The first-order chi connectivity index (χ1) is 9.12. The van der Waals surface area contributed by atoms with Crippen molar-refractivity contribution in [2.75, 3.05) is 33.7 Å². The molecule has 0 aromatic carbocycles. The second-order valence-corrected chi connectivity index (χ2v) is 6.79. The van der Waals surface area contributed by atoms with E-state index in [4.69, 9.17) is 5.11 Å². The number of sulfonamides is 1. The molecule has 12 heteroatoms. The quantitative estimate of drug-likeness (QED) is 0.384. The number of carboxylic acids is 1. The van der Waals surface area contributed by atoms with Crippen molar-refractivity contribution < 1.29 is 44.8 Å². The molecule has 0 radical (unpaired) electrons. The molecule has 21 heavy (non-hydrogen) atoms. The summed E-state index contributed by atoms with van der Waals surface area (Å²) in [5.74, 6) is -1.12. The standard InChI is InChI=1S/C9H15F5N2O4S/c1-16(2,6-7(17)18)5-3-4-15-21(19,20)9(13,14)8(10,11)12/h15H,3-6H2,1-2H3/p+1. The molecule has 126 valence electrons. The average Bonchev–Trinajstić information content (AvgIpc) is 2.20. The molecule has 0 rings (SSSR count). The van der Waals surface area contributed by atoms with Crippen LogP contribution in [-0.4, -0.2) is 69.1 Å². The van der Waals surface area contributed by atoms with Crippen molar-refractivity contribution in [1.82, 2.24) is 4.72 Å². The van der Waals surface area contributed by atoms with Crippen LogP contribution in [0, 0.1) is 0 Å². The summed E-state index contributed by atoms with van der Waals surface area (Å²) in [7, 11) is -2.90. The first kappa shape index (κ1) is 20.0. The van der Waals surface area contributed by atoms with E-state index in [0.717, 1.165) is 0 Å². The summed E-state index contributed by atoms with van der Waals surface area (Å²) < 4.78 is 84.1. The number of hydrogen-bond donors (Lipinski definition) is 2. The van der Waals surface area contributed by atoms with Gasteiger partial charge in [-0.2, -0.15) is 22.0 Å². The summed E-state index contributed by atoms with van der Waals surface area (Å²) >= 11 is 0. The Balaban J connectivity index is 4.52. The van der Waals surface area contributed by atoms with Gasteiger partial charge in [-0.15, -0.1) is 0 Å². The summed E-state index contributed by atoms with van der Waals surface area (Å²) in [6, 6.07) is 0. The molecule has 0 aliphatic heterocycles. The van der Waals surface area contributed by atoms with E-state index >= 15 is 0 Å². The van der Waals surface area contributed by atoms with Crippen LogP contribution in [0.3, 0.4) is 0 Å². The third-order valence-electron chi connectivity index (χ3n) is 2.46. The van der Waals surface area contributed by atoms with Crippen LogP contribution < -0.4 is 4.72 Å². The molecule has 2 N–H and O–H groups in total. The number of nitrogens with one attached hydrogen (secondary N) is 1. The van der Waals surface area contributed by atoms with Crippen LogP contribution >= 0.6 is 0 Å². The minimum atomic E-state index is -6.21. The van der Waals surface area contributed by atoms with Gasteiger partial charge in [0.2, 0.25) is 0 Å². The van der Waals surface area contributed by atoms with Crippen molar-refractivity contribution in [2.45, 2.75) is 17.9 Å². The molecule has 6 nitrogen and oxygen atoms in total. The lowest BCUT2D eigenvalue weighted by Crippen LogP contribution is -2.50. The van der Waals surface area contributed by atoms with Gasteiger partial charge in [-0.3, -0.25) is 0 Å². The van der Waals surface area contributed by atoms with Gasteiger partial charge in [0.05, 0.1) is 20.6 Å². The predicted molar refractivity (Wildman–Crippen MR) is 62.0 cm³/mol. The summed E-state index contributed by atoms with van der Waals surface area (Å²) in [6.07, 6.45) is -6.31. The average molecular weight is 343 g/mol. The molecule has 0 aliphatic rings. The fourth-order valence-electron chi connectivity index (χ4n) is 1.40. The third-order valence-corrected chi connectivity index (χ3v) is 3.95. The van der Waals surface area contributed by atoms with E-state index in [-0.39, 0.29) is 24.0 Å². The van der Waals surface area contributed by atoms with E-state index in [1.54, 1.807) is 0 Å². The zero-order valence-corrected chi connectivity index (χ0v) is 12.1. The topological polar surface area (TPSA) is 83.5 Å². The van der Waals surface area contributed by atoms with Gasteiger partial charge in [0, 0.05) is 13.0 Å². The third kappa shape index (κ3) is 5.71.